The number of rotatable bonds is 4. The topological polar surface area (TPSA) is 61.7 Å². The molecule has 108 valence electrons. The fraction of sp³-hybridized carbons (Fsp3) is 0.176. The van der Waals surface area contributed by atoms with Gasteiger partial charge in [0.05, 0.1) is 17.0 Å². The number of aryl methyl sites for hydroxylation is 2. The Morgan fingerprint density at radius 3 is 2.48 bits per heavy atom. The molecule has 0 radical (unpaired) electrons. The zero-order valence-electron chi connectivity index (χ0n) is 12.3. The summed E-state index contributed by atoms with van der Waals surface area (Å²) < 4.78 is 0. The molecule has 0 spiro atoms. The van der Waals surface area contributed by atoms with Crippen LogP contribution in [0.1, 0.15) is 34.0 Å². The lowest BCUT2D eigenvalue weighted by Crippen LogP contribution is -2.02. The molecule has 0 unspecified atom stereocenters. The van der Waals surface area contributed by atoms with Gasteiger partial charge in [0, 0.05) is 0 Å². The Morgan fingerprint density at radius 2 is 1.81 bits per heavy atom. The molecule has 2 aromatic rings. The Balaban J connectivity index is 2.18. The van der Waals surface area contributed by atoms with Gasteiger partial charge in [-0.25, -0.2) is 4.79 Å². The van der Waals surface area contributed by atoms with Gasteiger partial charge in [0.25, 0.3) is 0 Å². The number of hydrogen-bond donors (Lipinski definition) is 2. The van der Waals surface area contributed by atoms with Crippen LogP contribution in [-0.2, 0) is 0 Å². The monoisotopic (exact) mass is 282 g/mol. The molecule has 0 aliphatic rings. The summed E-state index contributed by atoms with van der Waals surface area (Å²) in [6, 6.07) is 12.7. The van der Waals surface area contributed by atoms with Crippen LogP contribution in [0.2, 0.25) is 0 Å². The highest BCUT2D eigenvalue weighted by atomic mass is 16.4. The summed E-state index contributed by atoms with van der Waals surface area (Å²) in [4.78, 5) is 10.9. The van der Waals surface area contributed by atoms with Crippen LogP contribution in [0.3, 0.4) is 0 Å². The second-order valence-corrected chi connectivity index (χ2v) is 4.99. The van der Waals surface area contributed by atoms with Gasteiger partial charge in [0.2, 0.25) is 0 Å². The Bertz CT molecular complexity index is 706. The van der Waals surface area contributed by atoms with E-state index in [4.69, 9.17) is 5.11 Å². The summed E-state index contributed by atoms with van der Waals surface area (Å²) in [5.74, 6) is -0.950. The van der Waals surface area contributed by atoms with Gasteiger partial charge in [0.1, 0.15) is 0 Å². The summed E-state index contributed by atoms with van der Waals surface area (Å²) in [6.45, 7) is 6.05. The molecular weight excluding hydrogens is 264 g/mol. The fourth-order valence-corrected chi connectivity index (χ4v) is 1.90. The van der Waals surface area contributed by atoms with Crippen LogP contribution < -0.4 is 5.43 Å². The van der Waals surface area contributed by atoms with Gasteiger partial charge in [-0.15, -0.1) is 0 Å². The van der Waals surface area contributed by atoms with Gasteiger partial charge >= 0.3 is 5.97 Å². The summed E-state index contributed by atoms with van der Waals surface area (Å²) in [5, 5.41) is 13.3. The molecule has 2 rings (SSSR count). The third-order valence-corrected chi connectivity index (χ3v) is 3.39. The van der Waals surface area contributed by atoms with Crippen LogP contribution in [0.25, 0.3) is 0 Å². The summed E-state index contributed by atoms with van der Waals surface area (Å²) in [5.41, 5.74) is 8.13. The van der Waals surface area contributed by atoms with E-state index in [0.717, 1.165) is 11.3 Å². The van der Waals surface area contributed by atoms with E-state index >= 15 is 0 Å². The average Bonchev–Trinajstić information content (AvgIpc) is 2.48. The Labute approximate surface area is 124 Å². The number of nitrogens with zero attached hydrogens (tertiary/aromatic N) is 1. The number of nitrogens with one attached hydrogen (secondary N) is 1. The highest BCUT2D eigenvalue weighted by Gasteiger charge is 2.03. The van der Waals surface area contributed by atoms with Crippen LogP contribution in [0, 0.1) is 13.8 Å². The fourth-order valence-electron chi connectivity index (χ4n) is 1.90. The number of hydrazone groups is 1. The van der Waals surface area contributed by atoms with E-state index in [9.17, 15) is 4.79 Å². The Kier molecular flexibility index (Phi) is 4.38. The molecule has 0 amide bonds. The highest BCUT2D eigenvalue weighted by molar-refractivity contribution is 5.99. The Hall–Kier alpha value is -2.62. The van der Waals surface area contributed by atoms with Gasteiger partial charge in [-0.1, -0.05) is 18.2 Å². The first-order valence-corrected chi connectivity index (χ1v) is 6.68. The number of benzene rings is 2. The maximum Gasteiger partial charge on any atom is 0.335 e. The minimum atomic E-state index is -0.950. The van der Waals surface area contributed by atoms with E-state index in [1.807, 2.05) is 13.0 Å². The van der Waals surface area contributed by atoms with Gasteiger partial charge in [-0.05, 0) is 61.7 Å². The molecule has 4 heteroatoms. The molecule has 0 atom stereocenters. The van der Waals surface area contributed by atoms with Crippen molar-refractivity contribution in [3.63, 3.8) is 0 Å². The van der Waals surface area contributed by atoms with Crippen molar-refractivity contribution >= 4 is 17.4 Å². The van der Waals surface area contributed by atoms with Crippen LogP contribution in [0.5, 0.6) is 0 Å². The molecule has 2 N–H and O–H groups in total. The number of carbonyl (C=O) groups is 1. The smallest absolute Gasteiger partial charge is 0.335 e. The molecular formula is C17H18N2O2. The number of hydrogen-bond acceptors (Lipinski definition) is 3. The first-order chi connectivity index (χ1) is 9.97. The van der Waals surface area contributed by atoms with Crippen molar-refractivity contribution in [3.8, 4) is 0 Å². The maximum atomic E-state index is 10.9. The van der Waals surface area contributed by atoms with Crippen molar-refractivity contribution in [3.05, 3.63) is 64.7 Å². The van der Waals surface area contributed by atoms with Crippen LogP contribution in [0.4, 0.5) is 5.69 Å². The molecule has 4 nitrogen and oxygen atoms in total. The largest absolute Gasteiger partial charge is 0.478 e. The number of anilines is 1. The zero-order chi connectivity index (χ0) is 15.4. The predicted octanol–water partition coefficient (Wildman–Crippen LogP) is 3.84. The minimum Gasteiger partial charge on any atom is -0.478 e. The molecule has 0 heterocycles. The van der Waals surface area contributed by atoms with E-state index in [1.165, 1.54) is 11.1 Å². The number of carboxylic acid groups (broad SMARTS) is 1. The van der Waals surface area contributed by atoms with Crippen LogP contribution in [0.15, 0.2) is 47.6 Å². The zero-order valence-corrected chi connectivity index (χ0v) is 12.3. The molecule has 21 heavy (non-hydrogen) atoms. The predicted molar refractivity (Wildman–Crippen MR) is 85.2 cm³/mol. The average molecular weight is 282 g/mol. The third kappa shape index (κ3) is 3.69. The SMILES string of the molecule is C/C(=N\Nc1cccc(C(=O)O)c1)c1ccc(C)c(C)c1. The number of carboxylic acids is 1. The lowest BCUT2D eigenvalue weighted by Gasteiger charge is -2.06. The van der Waals surface area contributed by atoms with E-state index < -0.39 is 5.97 Å². The maximum absolute atomic E-state index is 10.9. The lowest BCUT2D eigenvalue weighted by atomic mass is 10.0. The number of aromatic carboxylic acids is 1. The second-order valence-electron chi connectivity index (χ2n) is 4.99. The molecule has 0 aromatic heterocycles. The molecule has 2 aromatic carbocycles. The minimum absolute atomic E-state index is 0.235. The van der Waals surface area contributed by atoms with Gasteiger partial charge in [0.15, 0.2) is 0 Å². The highest BCUT2D eigenvalue weighted by Crippen LogP contribution is 2.13. The quantitative estimate of drug-likeness (QED) is 0.661. The standard InChI is InChI=1S/C17H18N2O2/c1-11-7-8-14(9-12(11)2)13(3)18-19-16-6-4-5-15(10-16)17(20)21/h4-10,19H,1-3H3,(H,20,21)/b18-13+. The van der Waals surface area contributed by atoms with E-state index in [1.54, 1.807) is 24.3 Å². The molecule has 0 bridgehead atoms. The lowest BCUT2D eigenvalue weighted by molar-refractivity contribution is 0.0697. The van der Waals surface area contributed by atoms with E-state index in [2.05, 4.69) is 36.5 Å². The first-order valence-electron chi connectivity index (χ1n) is 6.68. The van der Waals surface area contributed by atoms with Gasteiger partial charge < -0.3 is 5.11 Å². The van der Waals surface area contributed by atoms with Crippen LogP contribution in [-0.4, -0.2) is 16.8 Å². The molecule has 0 fully saturated rings. The molecule has 0 saturated heterocycles. The third-order valence-electron chi connectivity index (χ3n) is 3.39. The van der Waals surface area contributed by atoms with Crippen molar-refractivity contribution in [1.29, 1.82) is 0 Å². The van der Waals surface area contributed by atoms with Crippen molar-refractivity contribution < 1.29 is 9.90 Å². The van der Waals surface area contributed by atoms with Crippen molar-refractivity contribution in [2.75, 3.05) is 5.43 Å². The van der Waals surface area contributed by atoms with Crippen molar-refractivity contribution in [1.82, 2.24) is 0 Å². The van der Waals surface area contributed by atoms with Gasteiger partial charge in [-0.3, -0.25) is 5.43 Å². The van der Waals surface area contributed by atoms with Gasteiger partial charge in [-0.2, -0.15) is 5.10 Å². The second kappa shape index (κ2) is 6.22. The summed E-state index contributed by atoms with van der Waals surface area (Å²) in [6.07, 6.45) is 0. The van der Waals surface area contributed by atoms with E-state index in [-0.39, 0.29) is 5.56 Å². The van der Waals surface area contributed by atoms with Crippen molar-refractivity contribution in [2.24, 2.45) is 5.10 Å². The Morgan fingerprint density at radius 1 is 1.05 bits per heavy atom. The van der Waals surface area contributed by atoms with E-state index in [0.29, 0.717) is 5.69 Å². The molecule has 0 saturated carbocycles. The summed E-state index contributed by atoms with van der Waals surface area (Å²) >= 11 is 0. The molecule has 0 aliphatic carbocycles. The summed E-state index contributed by atoms with van der Waals surface area (Å²) in [7, 11) is 0. The normalized spacial score (nSPS) is 11.3. The molecule has 0 aliphatic heterocycles. The van der Waals surface area contributed by atoms with Crippen LogP contribution >= 0.6 is 0 Å². The van der Waals surface area contributed by atoms with Crippen molar-refractivity contribution in [2.45, 2.75) is 20.8 Å². The first kappa shape index (κ1) is 14.8.